The van der Waals surface area contributed by atoms with Crippen molar-refractivity contribution >= 4 is 23.7 Å². The summed E-state index contributed by atoms with van der Waals surface area (Å²) >= 11 is 0. The van der Waals surface area contributed by atoms with Gasteiger partial charge in [-0.3, -0.25) is 14.6 Å². The summed E-state index contributed by atoms with van der Waals surface area (Å²) in [4.78, 5) is 40.6. The summed E-state index contributed by atoms with van der Waals surface area (Å²) in [6.07, 6.45) is 5.66. The highest BCUT2D eigenvalue weighted by atomic mass is 16.7. The molecule has 10 N–H and O–H groups in total. The van der Waals surface area contributed by atoms with Crippen LogP contribution in [0.1, 0.15) is 72.6 Å². The second kappa shape index (κ2) is 21.0. The smallest absolute Gasteiger partial charge is 0.326 e. The van der Waals surface area contributed by atoms with Gasteiger partial charge in [0, 0.05) is 43.9 Å². The molecule has 3 heterocycles. The van der Waals surface area contributed by atoms with E-state index in [1.807, 2.05) is 26.8 Å². The van der Waals surface area contributed by atoms with Crippen LogP contribution in [0.4, 0.5) is 0 Å². The third-order valence-corrected chi connectivity index (χ3v) is 10.4. The Morgan fingerprint density at radius 1 is 1.07 bits per heavy atom. The maximum absolute atomic E-state index is 13.3. The number of carbonyl (C=O) groups is 3. The van der Waals surface area contributed by atoms with E-state index in [1.54, 1.807) is 32.3 Å². The molecule has 0 spiro atoms. The summed E-state index contributed by atoms with van der Waals surface area (Å²) < 4.78 is 29.7. The quantitative estimate of drug-likeness (QED) is 0.0226. The minimum atomic E-state index is -2.16. The topological polar surface area (TPSA) is 267 Å². The van der Waals surface area contributed by atoms with Crippen LogP contribution >= 0.6 is 0 Å². The lowest BCUT2D eigenvalue weighted by Gasteiger charge is -2.54. The Labute approximate surface area is 322 Å². The Bertz CT molecular complexity index is 1430. The predicted octanol–water partition coefficient (Wildman–Crippen LogP) is 0.874. The predicted molar refractivity (Wildman–Crippen MR) is 202 cm³/mol. The summed E-state index contributed by atoms with van der Waals surface area (Å²) in [6.45, 7) is 11.6. The van der Waals surface area contributed by atoms with Crippen molar-refractivity contribution in [2.45, 2.75) is 133 Å². The third-order valence-electron chi connectivity index (χ3n) is 10.4. The van der Waals surface area contributed by atoms with Crippen molar-refractivity contribution in [2.75, 3.05) is 20.4 Å². The van der Waals surface area contributed by atoms with Gasteiger partial charge in [0.2, 0.25) is 11.7 Å². The standard InChI is InChI=1S/C38H61N5O12/c1-22-20-38(50,55-24(3)23(22)2)31(46)33(47)43-34-30-29(52-21-53-34)32(51-6)37(4,5)27(54-30)19-25(44)15-12-10-8-7-9-11-13-17-28(45)42-26(35(48)49)16-14-18-41-36(39)40/h7-9,11,13,17,23-27,29-32,34,44,46,50H,1,10,12,14-16,18-21H2,2-6H3,(H,42,45)(H,43,47)(H,48,49)(H4,39,40,41)/b8-7+,11-9+,17-13+/t23-,24-,25-,26?,27-,29+,30+,31-,32-,34+,38-/m1/s1. The van der Waals surface area contributed by atoms with Gasteiger partial charge in [-0.25, -0.2) is 4.79 Å². The number of methoxy groups -OCH3 is 1. The highest BCUT2D eigenvalue weighted by Crippen LogP contribution is 2.44. The van der Waals surface area contributed by atoms with Crippen molar-refractivity contribution in [2.24, 2.45) is 27.8 Å². The van der Waals surface area contributed by atoms with Crippen LogP contribution < -0.4 is 22.1 Å². The van der Waals surface area contributed by atoms with E-state index in [0.29, 0.717) is 31.3 Å². The van der Waals surface area contributed by atoms with Crippen molar-refractivity contribution in [3.63, 3.8) is 0 Å². The number of aliphatic carboxylic acids is 1. The van der Waals surface area contributed by atoms with Crippen LogP contribution in [-0.4, -0.2) is 125 Å². The van der Waals surface area contributed by atoms with Crippen LogP contribution in [0.25, 0.3) is 0 Å². The first kappa shape index (κ1) is 45.7. The fourth-order valence-electron chi connectivity index (χ4n) is 6.99. The summed E-state index contributed by atoms with van der Waals surface area (Å²) in [6, 6.07) is -1.06. The van der Waals surface area contributed by atoms with E-state index in [9.17, 15) is 34.8 Å². The average Bonchev–Trinajstić information content (AvgIpc) is 3.11. The normalized spacial score (nSPS) is 31.1. The molecule has 0 aliphatic carbocycles. The van der Waals surface area contributed by atoms with Crippen LogP contribution in [0, 0.1) is 11.3 Å². The Morgan fingerprint density at radius 3 is 2.44 bits per heavy atom. The first-order valence-corrected chi connectivity index (χ1v) is 18.7. The van der Waals surface area contributed by atoms with E-state index in [2.05, 4.69) is 22.2 Å². The average molecular weight is 780 g/mol. The molecule has 3 aliphatic heterocycles. The van der Waals surface area contributed by atoms with Gasteiger partial charge < -0.3 is 66.2 Å². The van der Waals surface area contributed by atoms with Crippen molar-refractivity contribution < 1.29 is 58.5 Å². The Morgan fingerprint density at radius 2 is 1.78 bits per heavy atom. The van der Waals surface area contributed by atoms with E-state index in [1.165, 1.54) is 12.2 Å². The molecule has 1 unspecified atom stereocenters. The first-order chi connectivity index (χ1) is 25.9. The second-order valence-electron chi connectivity index (χ2n) is 14.9. The molecule has 0 saturated carbocycles. The van der Waals surface area contributed by atoms with Gasteiger partial charge >= 0.3 is 5.97 Å². The van der Waals surface area contributed by atoms with Crippen LogP contribution in [0.2, 0.25) is 0 Å². The number of nitrogens with one attached hydrogen (secondary N) is 2. The van der Waals surface area contributed by atoms with Crippen molar-refractivity contribution in [1.82, 2.24) is 10.6 Å². The molecule has 310 valence electrons. The number of allylic oxidation sites excluding steroid dienone is 5. The SMILES string of the molecule is C=C1C[C@](O)([C@H](O)C(=O)N[C@H]2OCO[C@H]3[C@@H]2O[C@H](C[C@H](O)CCC/C=C/C=C/C=C/C(=O)NC(CCCN=C(N)N)C(=O)O)C(C)(C)[C@@H]3OC)O[C@H](C)[C@@H]1C. The monoisotopic (exact) mass is 779 g/mol. The van der Waals surface area contributed by atoms with Gasteiger partial charge in [0.1, 0.15) is 25.0 Å². The van der Waals surface area contributed by atoms with Gasteiger partial charge in [0.05, 0.1) is 24.4 Å². The van der Waals surface area contributed by atoms with Gasteiger partial charge in [-0.2, -0.15) is 0 Å². The highest BCUT2D eigenvalue weighted by Gasteiger charge is 2.57. The molecular formula is C38H61N5O12. The molecule has 3 aliphatic rings. The molecule has 0 aromatic heterocycles. The Kier molecular flexibility index (Phi) is 17.5. The molecule has 17 nitrogen and oxygen atoms in total. The van der Waals surface area contributed by atoms with Gasteiger partial charge in [-0.15, -0.1) is 0 Å². The molecule has 0 radical (unpaired) electrons. The van der Waals surface area contributed by atoms with E-state index in [4.69, 9.17) is 35.2 Å². The Hall–Kier alpha value is -3.68. The zero-order valence-electron chi connectivity index (χ0n) is 32.5. The van der Waals surface area contributed by atoms with Crippen LogP contribution in [0.5, 0.6) is 0 Å². The van der Waals surface area contributed by atoms with Crippen LogP contribution in [0.15, 0.2) is 53.6 Å². The molecule has 2 amide bonds. The third kappa shape index (κ3) is 12.9. The minimum absolute atomic E-state index is 0.0630. The van der Waals surface area contributed by atoms with Crippen LogP contribution in [0.3, 0.4) is 0 Å². The minimum Gasteiger partial charge on any atom is -0.480 e. The number of nitrogens with zero attached hydrogens (tertiary/aromatic N) is 1. The number of unbranched alkanes of at least 4 members (excludes halogenated alkanes) is 1. The number of hydrogen-bond donors (Lipinski definition) is 8. The van der Waals surface area contributed by atoms with Crippen molar-refractivity contribution in [3.05, 3.63) is 48.6 Å². The number of hydrogen-bond acceptors (Lipinski definition) is 12. The second-order valence-corrected chi connectivity index (χ2v) is 14.9. The van der Waals surface area contributed by atoms with Gasteiger partial charge in [-0.05, 0) is 39.0 Å². The molecule has 3 fully saturated rings. The molecule has 11 atom stereocenters. The number of nitrogens with two attached hydrogens (primary N) is 2. The fraction of sp³-hybridized carbons (Fsp3) is 0.684. The molecule has 17 heteroatoms. The lowest BCUT2D eigenvalue weighted by molar-refractivity contribution is -0.332. The number of aliphatic hydroxyl groups excluding tert-OH is 2. The van der Waals surface area contributed by atoms with Crippen molar-refractivity contribution in [1.29, 1.82) is 0 Å². The molecular weight excluding hydrogens is 718 g/mol. The fourth-order valence-corrected chi connectivity index (χ4v) is 6.99. The lowest BCUT2D eigenvalue weighted by Crippen LogP contribution is -2.69. The number of fused-ring (bicyclic) bond motifs is 1. The number of guanidine groups is 1. The summed E-state index contributed by atoms with van der Waals surface area (Å²) in [5, 5.41) is 47.5. The van der Waals surface area contributed by atoms with E-state index in [0.717, 1.165) is 0 Å². The zero-order valence-corrected chi connectivity index (χ0v) is 32.5. The van der Waals surface area contributed by atoms with Crippen LogP contribution in [-0.2, 0) is 38.1 Å². The van der Waals surface area contributed by atoms with Gasteiger partial charge in [0.25, 0.3) is 5.91 Å². The van der Waals surface area contributed by atoms with E-state index >= 15 is 0 Å². The number of aliphatic imine (C=N–C) groups is 1. The number of aliphatic hydroxyl groups is 3. The molecule has 3 rings (SSSR count). The molecule has 0 bridgehead atoms. The molecule has 0 aromatic rings. The number of carboxylic acid groups (broad SMARTS) is 1. The highest BCUT2D eigenvalue weighted by molar-refractivity contribution is 5.91. The number of amides is 2. The summed E-state index contributed by atoms with van der Waals surface area (Å²) in [5.41, 5.74) is 10.6. The Balaban J connectivity index is 1.49. The summed E-state index contributed by atoms with van der Waals surface area (Å²) in [7, 11) is 1.56. The van der Waals surface area contributed by atoms with Crippen molar-refractivity contribution in [3.8, 4) is 0 Å². The van der Waals surface area contributed by atoms with E-state index in [-0.39, 0.29) is 44.5 Å². The summed E-state index contributed by atoms with van der Waals surface area (Å²) in [5.74, 6) is -4.92. The number of carbonyl (C=O) groups excluding carboxylic acids is 2. The lowest BCUT2D eigenvalue weighted by atomic mass is 9.72. The van der Waals surface area contributed by atoms with Gasteiger partial charge in [0.15, 0.2) is 18.3 Å². The largest absolute Gasteiger partial charge is 0.480 e. The first-order valence-electron chi connectivity index (χ1n) is 18.7. The molecule has 0 aromatic carbocycles. The number of rotatable bonds is 19. The molecule has 3 saturated heterocycles. The maximum Gasteiger partial charge on any atom is 0.326 e. The van der Waals surface area contributed by atoms with E-state index < -0.39 is 84.0 Å². The molecule has 55 heavy (non-hydrogen) atoms. The zero-order chi connectivity index (χ0) is 40.9. The maximum atomic E-state index is 13.3. The number of ether oxygens (including phenoxy) is 5. The number of carboxylic acids is 1. The van der Waals surface area contributed by atoms with Gasteiger partial charge in [-0.1, -0.05) is 63.3 Å².